The average molecular weight is 296 g/mol. The molecule has 0 fully saturated rings. The van der Waals surface area contributed by atoms with Crippen molar-refractivity contribution < 1.29 is 17.9 Å². The van der Waals surface area contributed by atoms with Gasteiger partial charge in [-0.25, -0.2) is 13.2 Å². The Morgan fingerprint density at radius 3 is 2.37 bits per heavy atom. The number of esters is 1. The highest BCUT2D eigenvalue weighted by atomic mass is 32.2. The molecule has 4 nitrogen and oxygen atoms in total. The van der Waals surface area contributed by atoms with Crippen molar-refractivity contribution >= 4 is 27.1 Å². The van der Waals surface area contributed by atoms with Gasteiger partial charge in [0.05, 0.1) is 12.0 Å². The molecule has 0 atom stereocenters. The number of ether oxygens (including phenoxy) is 1. The van der Waals surface area contributed by atoms with Gasteiger partial charge >= 0.3 is 5.97 Å². The maximum absolute atomic E-state index is 11.9. The molecule has 1 aromatic carbocycles. The molecule has 2 aromatic rings. The Morgan fingerprint density at radius 2 is 1.84 bits per heavy atom. The Morgan fingerprint density at radius 1 is 1.21 bits per heavy atom. The van der Waals surface area contributed by atoms with Crippen LogP contribution >= 0.6 is 11.3 Å². The molecule has 19 heavy (non-hydrogen) atoms. The van der Waals surface area contributed by atoms with E-state index < -0.39 is 15.8 Å². The van der Waals surface area contributed by atoms with E-state index in [2.05, 4.69) is 4.74 Å². The number of thiophene rings is 1. The summed E-state index contributed by atoms with van der Waals surface area (Å²) in [5.41, 5.74) is 1.29. The van der Waals surface area contributed by atoms with Gasteiger partial charge in [0.25, 0.3) is 0 Å². The molecule has 0 aliphatic rings. The molecule has 0 bridgehead atoms. The summed E-state index contributed by atoms with van der Waals surface area (Å²) in [6, 6.07) is 9.08. The zero-order chi connectivity index (χ0) is 14.0. The number of carbonyl (C=O) groups excluding carboxylic acids is 1. The van der Waals surface area contributed by atoms with Crippen molar-refractivity contribution in [2.45, 2.75) is 4.90 Å². The third-order valence-electron chi connectivity index (χ3n) is 2.57. The third-order valence-corrected chi connectivity index (χ3v) is 4.83. The minimum atomic E-state index is -3.51. The minimum absolute atomic E-state index is 0.0375. The lowest BCUT2D eigenvalue weighted by molar-refractivity contribution is 0.0602. The van der Waals surface area contributed by atoms with E-state index >= 15 is 0 Å². The first-order valence-electron chi connectivity index (χ1n) is 5.40. The number of rotatable bonds is 3. The van der Waals surface area contributed by atoms with E-state index in [9.17, 15) is 13.2 Å². The van der Waals surface area contributed by atoms with Gasteiger partial charge in [0.2, 0.25) is 0 Å². The number of benzene rings is 1. The summed E-state index contributed by atoms with van der Waals surface area (Å²) in [5, 5.41) is 1.66. The Labute approximate surface area is 115 Å². The van der Waals surface area contributed by atoms with Gasteiger partial charge in [-0.1, -0.05) is 30.3 Å². The van der Waals surface area contributed by atoms with E-state index in [1.807, 2.05) is 18.2 Å². The van der Waals surface area contributed by atoms with Crippen LogP contribution < -0.4 is 0 Å². The molecular weight excluding hydrogens is 284 g/mol. The summed E-state index contributed by atoms with van der Waals surface area (Å²) < 4.78 is 28.5. The van der Waals surface area contributed by atoms with Gasteiger partial charge < -0.3 is 4.74 Å². The molecule has 0 radical (unpaired) electrons. The van der Waals surface area contributed by atoms with Crippen LogP contribution in [0.2, 0.25) is 0 Å². The molecule has 2 rings (SSSR count). The standard InChI is InChI=1S/C13H12O4S2/c1-17-13(14)11-12(19(2,15)16)10(8-18-11)9-6-4-3-5-7-9/h3-8H,1-2H3. The van der Waals surface area contributed by atoms with Crippen LogP contribution in [0.3, 0.4) is 0 Å². The molecule has 0 aliphatic heterocycles. The number of hydrogen-bond donors (Lipinski definition) is 0. The molecule has 0 N–H and O–H groups in total. The van der Waals surface area contributed by atoms with Crippen molar-refractivity contribution in [2.75, 3.05) is 13.4 Å². The maximum Gasteiger partial charge on any atom is 0.349 e. The van der Waals surface area contributed by atoms with Crippen LogP contribution in [0.15, 0.2) is 40.6 Å². The summed E-state index contributed by atoms with van der Waals surface area (Å²) in [7, 11) is -2.28. The first kappa shape index (κ1) is 13.8. The monoisotopic (exact) mass is 296 g/mol. The summed E-state index contributed by atoms with van der Waals surface area (Å²) in [5.74, 6) is -0.632. The zero-order valence-corrected chi connectivity index (χ0v) is 12.0. The highest BCUT2D eigenvalue weighted by Crippen LogP contribution is 2.35. The second kappa shape index (κ2) is 5.14. The number of hydrogen-bond acceptors (Lipinski definition) is 5. The predicted molar refractivity (Wildman–Crippen MR) is 74.2 cm³/mol. The van der Waals surface area contributed by atoms with Gasteiger partial charge in [-0.15, -0.1) is 11.3 Å². The Bertz CT molecular complexity index is 699. The first-order chi connectivity index (χ1) is 8.95. The molecular formula is C13H12O4S2. The molecule has 100 valence electrons. The van der Waals surface area contributed by atoms with Crippen LogP contribution in [0.5, 0.6) is 0 Å². The van der Waals surface area contributed by atoms with Crippen molar-refractivity contribution in [3.63, 3.8) is 0 Å². The van der Waals surface area contributed by atoms with Crippen molar-refractivity contribution in [2.24, 2.45) is 0 Å². The van der Waals surface area contributed by atoms with Gasteiger partial charge in [-0.3, -0.25) is 0 Å². The number of carbonyl (C=O) groups is 1. The van der Waals surface area contributed by atoms with Gasteiger partial charge in [0.1, 0.15) is 4.88 Å². The fraction of sp³-hybridized carbons (Fsp3) is 0.154. The van der Waals surface area contributed by atoms with Gasteiger partial charge in [-0.2, -0.15) is 0 Å². The van der Waals surface area contributed by atoms with Gasteiger partial charge in [0.15, 0.2) is 9.84 Å². The summed E-state index contributed by atoms with van der Waals surface area (Å²) in [6.07, 6.45) is 1.09. The van der Waals surface area contributed by atoms with Crippen LogP contribution in [0, 0.1) is 0 Å². The fourth-order valence-corrected chi connectivity index (χ4v) is 4.32. The number of methoxy groups -OCH3 is 1. The van der Waals surface area contributed by atoms with Crippen molar-refractivity contribution in [3.05, 3.63) is 40.6 Å². The maximum atomic E-state index is 11.9. The zero-order valence-electron chi connectivity index (χ0n) is 10.4. The molecule has 6 heteroatoms. The fourth-order valence-electron chi connectivity index (χ4n) is 1.77. The van der Waals surface area contributed by atoms with E-state index in [-0.39, 0.29) is 9.77 Å². The summed E-state index contributed by atoms with van der Waals surface area (Å²) in [4.78, 5) is 11.8. The van der Waals surface area contributed by atoms with Gasteiger partial charge in [-0.05, 0) is 5.56 Å². The second-order valence-corrected chi connectivity index (χ2v) is 6.77. The van der Waals surface area contributed by atoms with Crippen LogP contribution in [0.25, 0.3) is 11.1 Å². The predicted octanol–water partition coefficient (Wildman–Crippen LogP) is 2.61. The quantitative estimate of drug-likeness (QED) is 0.817. The van der Waals surface area contributed by atoms with Crippen molar-refractivity contribution in [1.29, 1.82) is 0 Å². The van der Waals surface area contributed by atoms with Crippen molar-refractivity contribution in [1.82, 2.24) is 0 Å². The second-order valence-electron chi connectivity index (χ2n) is 3.94. The third kappa shape index (κ3) is 2.69. The Balaban J connectivity index is 2.71. The first-order valence-corrected chi connectivity index (χ1v) is 8.17. The molecule has 0 unspecified atom stereocenters. The van der Waals surface area contributed by atoms with Crippen LogP contribution in [0.1, 0.15) is 9.67 Å². The average Bonchev–Trinajstić information content (AvgIpc) is 2.83. The van der Waals surface area contributed by atoms with E-state index in [0.717, 1.165) is 23.2 Å². The van der Waals surface area contributed by atoms with E-state index in [1.54, 1.807) is 17.5 Å². The Kier molecular flexibility index (Phi) is 3.73. The van der Waals surface area contributed by atoms with E-state index in [4.69, 9.17) is 0 Å². The van der Waals surface area contributed by atoms with Crippen molar-refractivity contribution in [3.8, 4) is 11.1 Å². The lowest BCUT2D eigenvalue weighted by Gasteiger charge is -2.04. The topological polar surface area (TPSA) is 60.4 Å². The summed E-state index contributed by atoms with van der Waals surface area (Å²) >= 11 is 1.08. The molecule has 1 aromatic heterocycles. The van der Waals surface area contributed by atoms with Crippen LogP contribution in [-0.4, -0.2) is 27.8 Å². The minimum Gasteiger partial charge on any atom is -0.465 e. The highest BCUT2D eigenvalue weighted by Gasteiger charge is 2.26. The number of sulfone groups is 1. The normalized spacial score (nSPS) is 11.3. The molecule has 0 saturated heterocycles. The van der Waals surface area contributed by atoms with Gasteiger partial charge in [0, 0.05) is 17.2 Å². The molecule has 0 aliphatic carbocycles. The van der Waals surface area contributed by atoms with Crippen LogP contribution in [-0.2, 0) is 14.6 Å². The molecule has 0 saturated carbocycles. The lowest BCUT2D eigenvalue weighted by atomic mass is 10.1. The molecule has 0 amide bonds. The largest absolute Gasteiger partial charge is 0.465 e. The van der Waals surface area contributed by atoms with Crippen LogP contribution in [0.4, 0.5) is 0 Å². The molecule has 1 heterocycles. The lowest BCUT2D eigenvalue weighted by Crippen LogP contribution is -2.07. The SMILES string of the molecule is COC(=O)c1scc(-c2ccccc2)c1S(C)(=O)=O. The smallest absolute Gasteiger partial charge is 0.349 e. The van der Waals surface area contributed by atoms with E-state index in [1.165, 1.54) is 7.11 Å². The summed E-state index contributed by atoms with van der Waals surface area (Å²) in [6.45, 7) is 0. The Hall–Kier alpha value is -1.66. The molecule has 0 spiro atoms. The van der Waals surface area contributed by atoms with E-state index in [0.29, 0.717) is 5.56 Å². The highest BCUT2D eigenvalue weighted by molar-refractivity contribution is 7.91.